The zero-order valence-corrected chi connectivity index (χ0v) is 23.9. The second-order valence-corrected chi connectivity index (χ2v) is 12.4. The molecule has 3 heterocycles. The van der Waals surface area contributed by atoms with Gasteiger partial charge in [-0.2, -0.15) is 0 Å². The third-order valence-electron chi connectivity index (χ3n) is 8.96. The van der Waals surface area contributed by atoms with Crippen LogP contribution in [0.3, 0.4) is 0 Å². The summed E-state index contributed by atoms with van der Waals surface area (Å²) in [6, 6.07) is 50.6. The molecule has 43 heavy (non-hydrogen) atoms. The van der Waals surface area contributed by atoms with Crippen molar-refractivity contribution in [3.8, 4) is 16.8 Å². The molecule has 3 aromatic heterocycles. The summed E-state index contributed by atoms with van der Waals surface area (Å²) in [7, 11) is 0. The molecular formula is C40H23NOS. The first-order chi connectivity index (χ1) is 21.3. The smallest absolute Gasteiger partial charge is 0.160 e. The van der Waals surface area contributed by atoms with Crippen LogP contribution in [0.4, 0.5) is 0 Å². The summed E-state index contributed by atoms with van der Waals surface area (Å²) >= 11 is 1.86. The van der Waals surface area contributed by atoms with E-state index in [9.17, 15) is 0 Å². The van der Waals surface area contributed by atoms with Crippen LogP contribution < -0.4 is 0 Å². The molecule has 0 amide bonds. The van der Waals surface area contributed by atoms with Gasteiger partial charge >= 0.3 is 0 Å². The first-order valence-corrected chi connectivity index (χ1v) is 15.4. The first-order valence-electron chi connectivity index (χ1n) is 14.6. The molecule has 10 rings (SSSR count). The Hall–Kier alpha value is -5.38. The number of thiophene rings is 1. The Balaban J connectivity index is 1.41. The van der Waals surface area contributed by atoms with Crippen molar-refractivity contribution in [1.82, 2.24) is 4.57 Å². The number of para-hydroxylation sites is 2. The highest BCUT2D eigenvalue weighted by Gasteiger charge is 2.23. The van der Waals surface area contributed by atoms with Crippen molar-refractivity contribution in [2.45, 2.75) is 0 Å². The average Bonchev–Trinajstić information content (AvgIpc) is 3.73. The predicted molar refractivity (Wildman–Crippen MR) is 184 cm³/mol. The van der Waals surface area contributed by atoms with E-state index >= 15 is 0 Å². The topological polar surface area (TPSA) is 18.1 Å². The Labute approximate surface area is 250 Å². The van der Waals surface area contributed by atoms with E-state index in [4.69, 9.17) is 4.42 Å². The summed E-state index contributed by atoms with van der Waals surface area (Å²) in [5.41, 5.74) is 7.68. The van der Waals surface area contributed by atoms with E-state index < -0.39 is 0 Å². The highest BCUT2D eigenvalue weighted by molar-refractivity contribution is 7.25. The maximum absolute atomic E-state index is 6.73. The van der Waals surface area contributed by atoms with Gasteiger partial charge in [0.25, 0.3) is 0 Å². The molecule has 0 radical (unpaired) electrons. The SMILES string of the molecule is c1ccc2cc(-n3c4ccccc4c4c(-c5ccc6sc7ccccc7c6c5)cc5c6ccccc6oc5c43)ccc2c1. The minimum Gasteiger partial charge on any atom is -0.454 e. The first kappa shape index (κ1) is 23.2. The average molecular weight is 566 g/mol. The van der Waals surface area contributed by atoms with Gasteiger partial charge in [-0.1, -0.05) is 91.0 Å². The van der Waals surface area contributed by atoms with Crippen molar-refractivity contribution < 1.29 is 4.42 Å². The summed E-state index contributed by atoms with van der Waals surface area (Å²) in [4.78, 5) is 0. The van der Waals surface area contributed by atoms with Gasteiger partial charge in [0.2, 0.25) is 0 Å². The molecule has 3 heteroatoms. The lowest BCUT2D eigenvalue weighted by Gasteiger charge is -2.11. The van der Waals surface area contributed by atoms with Gasteiger partial charge in [-0.25, -0.2) is 0 Å². The number of rotatable bonds is 2. The van der Waals surface area contributed by atoms with E-state index in [-0.39, 0.29) is 0 Å². The van der Waals surface area contributed by atoms with Gasteiger partial charge in [0.15, 0.2) is 5.58 Å². The summed E-state index contributed by atoms with van der Waals surface area (Å²) in [6.07, 6.45) is 0. The molecule has 0 atom stereocenters. The summed E-state index contributed by atoms with van der Waals surface area (Å²) in [5, 5.41) is 9.79. The maximum Gasteiger partial charge on any atom is 0.160 e. The monoisotopic (exact) mass is 565 g/mol. The lowest BCUT2D eigenvalue weighted by atomic mass is 9.95. The fourth-order valence-electron chi connectivity index (χ4n) is 7.03. The Morgan fingerprint density at radius 2 is 1.26 bits per heavy atom. The quantitative estimate of drug-likeness (QED) is 0.204. The minimum atomic E-state index is 0.908. The van der Waals surface area contributed by atoms with E-state index in [1.807, 2.05) is 11.3 Å². The molecular weight excluding hydrogens is 543 g/mol. The molecule has 0 saturated heterocycles. The Bertz CT molecular complexity index is 2740. The van der Waals surface area contributed by atoms with Crippen molar-refractivity contribution in [2.75, 3.05) is 0 Å². The summed E-state index contributed by atoms with van der Waals surface area (Å²) in [5.74, 6) is 0. The molecule has 0 unspecified atom stereocenters. The molecule has 0 aliphatic heterocycles. The third-order valence-corrected chi connectivity index (χ3v) is 10.1. The highest BCUT2D eigenvalue weighted by Crippen LogP contribution is 2.46. The number of aromatic nitrogens is 1. The van der Waals surface area contributed by atoms with Gasteiger partial charge in [-0.05, 0) is 70.4 Å². The fraction of sp³-hybridized carbons (Fsp3) is 0. The number of benzene rings is 7. The predicted octanol–water partition coefficient (Wildman–Crippen LogP) is 11.9. The Morgan fingerprint density at radius 3 is 2.19 bits per heavy atom. The number of hydrogen-bond donors (Lipinski definition) is 0. The molecule has 7 aromatic carbocycles. The third kappa shape index (κ3) is 3.23. The second-order valence-electron chi connectivity index (χ2n) is 11.3. The summed E-state index contributed by atoms with van der Waals surface area (Å²) < 4.78 is 11.8. The van der Waals surface area contributed by atoms with E-state index in [2.05, 4.69) is 144 Å². The standard InChI is InChI=1S/C40H23NOS/c1-2-10-25-21-27(19-17-24(25)9-1)41-34-14-6-3-13-30(34)38-31(23-33-28-11-4-7-15-35(28)42-40(33)39(38)41)26-18-20-37-32(22-26)29-12-5-8-16-36(29)43-37/h1-23H. The molecule has 200 valence electrons. The molecule has 0 fully saturated rings. The van der Waals surface area contributed by atoms with E-state index in [0.717, 1.165) is 33.1 Å². The largest absolute Gasteiger partial charge is 0.454 e. The molecule has 0 N–H and O–H groups in total. The number of fused-ring (bicyclic) bond motifs is 11. The molecule has 0 saturated carbocycles. The molecule has 2 nitrogen and oxygen atoms in total. The van der Waals surface area contributed by atoms with Crippen LogP contribution in [0, 0.1) is 0 Å². The van der Waals surface area contributed by atoms with Crippen LogP contribution in [0.5, 0.6) is 0 Å². The van der Waals surface area contributed by atoms with Crippen molar-refractivity contribution in [1.29, 1.82) is 0 Å². The van der Waals surface area contributed by atoms with Crippen LogP contribution >= 0.6 is 11.3 Å². The van der Waals surface area contributed by atoms with Crippen molar-refractivity contribution in [3.05, 3.63) is 140 Å². The van der Waals surface area contributed by atoms with E-state index in [0.29, 0.717) is 0 Å². The van der Waals surface area contributed by atoms with Crippen LogP contribution in [-0.2, 0) is 0 Å². The Kier molecular flexibility index (Phi) is 4.63. The van der Waals surface area contributed by atoms with E-state index in [1.165, 1.54) is 58.4 Å². The van der Waals surface area contributed by atoms with Crippen molar-refractivity contribution >= 4 is 86.0 Å². The van der Waals surface area contributed by atoms with Gasteiger partial charge in [0, 0.05) is 47.4 Å². The van der Waals surface area contributed by atoms with Gasteiger partial charge in [-0.3, -0.25) is 0 Å². The zero-order chi connectivity index (χ0) is 28.1. The highest BCUT2D eigenvalue weighted by atomic mass is 32.1. The van der Waals surface area contributed by atoms with Gasteiger partial charge < -0.3 is 8.98 Å². The second kappa shape index (κ2) is 8.57. The maximum atomic E-state index is 6.73. The van der Waals surface area contributed by atoms with Crippen LogP contribution in [0.15, 0.2) is 144 Å². The summed E-state index contributed by atoms with van der Waals surface area (Å²) in [6.45, 7) is 0. The van der Waals surface area contributed by atoms with Gasteiger partial charge in [-0.15, -0.1) is 11.3 Å². The lowest BCUT2D eigenvalue weighted by molar-refractivity contribution is 0.671. The Morgan fingerprint density at radius 1 is 0.512 bits per heavy atom. The van der Waals surface area contributed by atoms with Crippen LogP contribution in [-0.4, -0.2) is 4.57 Å². The normalized spacial score (nSPS) is 12.2. The van der Waals surface area contributed by atoms with E-state index in [1.54, 1.807) is 0 Å². The van der Waals surface area contributed by atoms with Crippen LogP contribution in [0.2, 0.25) is 0 Å². The number of furan rings is 1. The van der Waals surface area contributed by atoms with Crippen LogP contribution in [0.25, 0.3) is 91.5 Å². The number of hydrogen-bond acceptors (Lipinski definition) is 2. The number of nitrogens with zero attached hydrogens (tertiary/aromatic N) is 1. The molecule has 0 aliphatic carbocycles. The molecule has 0 spiro atoms. The molecule has 0 aliphatic rings. The van der Waals surface area contributed by atoms with Gasteiger partial charge in [0.05, 0.1) is 11.0 Å². The van der Waals surface area contributed by atoms with Crippen molar-refractivity contribution in [3.63, 3.8) is 0 Å². The van der Waals surface area contributed by atoms with Gasteiger partial charge in [0.1, 0.15) is 5.58 Å². The zero-order valence-electron chi connectivity index (χ0n) is 23.0. The van der Waals surface area contributed by atoms with Crippen LogP contribution in [0.1, 0.15) is 0 Å². The molecule has 0 bridgehead atoms. The molecule has 10 aromatic rings. The fourth-order valence-corrected chi connectivity index (χ4v) is 8.12. The minimum absolute atomic E-state index is 0.908. The lowest BCUT2D eigenvalue weighted by Crippen LogP contribution is -1.94. The van der Waals surface area contributed by atoms with Crippen molar-refractivity contribution in [2.24, 2.45) is 0 Å².